The van der Waals surface area contributed by atoms with Crippen molar-refractivity contribution in [1.29, 1.82) is 0 Å². The molecule has 0 aliphatic rings. The predicted molar refractivity (Wildman–Crippen MR) is 110 cm³/mol. The molecule has 0 fully saturated rings. The van der Waals surface area contributed by atoms with E-state index in [0.29, 0.717) is 0 Å². The smallest absolute Gasteiger partial charge is 0.158 e. The Morgan fingerprint density at radius 1 is 0.303 bits per heavy atom. The van der Waals surface area contributed by atoms with E-state index < -0.39 is 52.7 Å². The molecule has 0 radical (unpaired) electrons. The molecule has 9 heteroatoms. The maximum atomic E-state index is 14.3. The van der Waals surface area contributed by atoms with Crippen LogP contribution in [0.1, 0.15) is 0 Å². The number of rotatable bonds is 4. The van der Waals surface area contributed by atoms with Crippen LogP contribution in [0.4, 0.5) is 35.1 Å². The van der Waals surface area contributed by atoms with Crippen LogP contribution in [0.3, 0.4) is 0 Å². The molecule has 0 spiro atoms. The van der Waals surface area contributed by atoms with E-state index >= 15 is 0 Å². The zero-order valence-corrected chi connectivity index (χ0v) is 16.5. The highest BCUT2D eigenvalue weighted by molar-refractivity contribution is 7.19. The monoisotopic (exact) mass is 463 g/mol. The fourth-order valence-electron chi connectivity index (χ4n) is 4.28. The molecular formula is C24H12BF8-. The van der Waals surface area contributed by atoms with Gasteiger partial charge >= 0.3 is 0 Å². The van der Waals surface area contributed by atoms with Crippen LogP contribution in [0.25, 0.3) is 0 Å². The summed E-state index contributed by atoms with van der Waals surface area (Å²) in [6.07, 6.45) is -2.98. The molecule has 4 aromatic rings. The molecule has 0 unspecified atom stereocenters. The number of benzene rings is 4. The molecular weight excluding hydrogens is 451 g/mol. The van der Waals surface area contributed by atoms with E-state index in [1.807, 2.05) is 0 Å². The first-order valence-corrected chi connectivity index (χ1v) is 9.62. The molecule has 0 saturated carbocycles. The molecule has 0 heterocycles. The molecule has 0 aliphatic heterocycles. The SMILES string of the molecule is Fc1ccc([B-](c2ccc(F)c(F)c2)(c2ccc(F)c(F)c2)c2ccc(F)c(F)c2)cc1F. The zero-order valence-electron chi connectivity index (χ0n) is 16.5. The summed E-state index contributed by atoms with van der Waals surface area (Å²) >= 11 is 0. The molecule has 0 saturated heterocycles. The van der Waals surface area contributed by atoms with Crippen LogP contribution in [-0.4, -0.2) is 6.15 Å². The molecule has 0 amide bonds. The van der Waals surface area contributed by atoms with Crippen molar-refractivity contribution in [1.82, 2.24) is 0 Å². The Kier molecular flexibility index (Phi) is 5.74. The van der Waals surface area contributed by atoms with E-state index in [2.05, 4.69) is 0 Å². The quantitative estimate of drug-likeness (QED) is 0.315. The van der Waals surface area contributed by atoms with Gasteiger partial charge in [0.2, 0.25) is 0 Å². The molecule has 4 rings (SSSR count). The van der Waals surface area contributed by atoms with E-state index in [1.165, 1.54) is 0 Å². The van der Waals surface area contributed by atoms with E-state index in [9.17, 15) is 35.1 Å². The van der Waals surface area contributed by atoms with Crippen molar-refractivity contribution >= 4 is 28.0 Å². The van der Waals surface area contributed by atoms with E-state index in [-0.39, 0.29) is 21.9 Å². The van der Waals surface area contributed by atoms with E-state index in [1.54, 1.807) is 0 Å². The lowest BCUT2D eigenvalue weighted by molar-refractivity contribution is 0.508. The van der Waals surface area contributed by atoms with Crippen LogP contribution in [-0.2, 0) is 0 Å². The second-order valence-corrected chi connectivity index (χ2v) is 7.56. The second-order valence-electron chi connectivity index (χ2n) is 7.56. The molecule has 0 atom stereocenters. The Morgan fingerprint density at radius 2 is 0.515 bits per heavy atom. The molecule has 0 aliphatic carbocycles. The number of hydrogen-bond acceptors (Lipinski definition) is 0. The van der Waals surface area contributed by atoms with Crippen LogP contribution in [0.5, 0.6) is 0 Å². The Labute approximate surface area is 183 Å². The summed E-state index contributed by atoms with van der Waals surface area (Å²) < 4.78 is 112. The van der Waals surface area contributed by atoms with Gasteiger partial charge in [-0.3, -0.25) is 0 Å². The highest BCUT2D eigenvalue weighted by Crippen LogP contribution is 2.16. The topological polar surface area (TPSA) is 0 Å². The average Bonchev–Trinajstić information content (AvgIpc) is 2.78. The van der Waals surface area contributed by atoms with Crippen LogP contribution >= 0.6 is 0 Å². The lowest BCUT2D eigenvalue weighted by Crippen LogP contribution is -2.75. The second kappa shape index (κ2) is 8.39. The normalized spacial score (nSPS) is 11.6. The maximum Gasteiger partial charge on any atom is 0.158 e. The van der Waals surface area contributed by atoms with Gasteiger partial charge in [0, 0.05) is 0 Å². The first-order valence-electron chi connectivity index (χ1n) is 9.62. The summed E-state index contributed by atoms with van der Waals surface area (Å²) in [5.41, 5.74) is -0.400. The van der Waals surface area contributed by atoms with Crippen molar-refractivity contribution in [2.45, 2.75) is 0 Å². The molecule has 33 heavy (non-hydrogen) atoms. The molecule has 4 aromatic carbocycles. The van der Waals surface area contributed by atoms with Crippen molar-refractivity contribution in [2.75, 3.05) is 0 Å². The van der Waals surface area contributed by atoms with E-state index in [0.717, 1.165) is 72.8 Å². The van der Waals surface area contributed by atoms with Crippen LogP contribution in [0.2, 0.25) is 0 Å². The summed E-state index contributed by atoms with van der Waals surface area (Å²) in [6.45, 7) is 0. The van der Waals surface area contributed by atoms with Crippen molar-refractivity contribution in [2.24, 2.45) is 0 Å². The molecule has 0 bridgehead atoms. The van der Waals surface area contributed by atoms with Crippen molar-refractivity contribution in [3.8, 4) is 0 Å². The third-order valence-corrected chi connectivity index (χ3v) is 5.77. The van der Waals surface area contributed by atoms with Gasteiger partial charge in [-0.15, -0.1) is 0 Å². The summed E-state index contributed by atoms with van der Waals surface area (Å²) in [4.78, 5) is 0. The van der Waals surface area contributed by atoms with Gasteiger partial charge in [0.15, 0.2) is 46.5 Å². The van der Waals surface area contributed by atoms with Gasteiger partial charge < -0.3 is 0 Å². The van der Waals surface area contributed by atoms with Gasteiger partial charge in [-0.2, -0.15) is 21.9 Å². The fraction of sp³-hybridized carbons (Fsp3) is 0. The zero-order chi connectivity index (χ0) is 23.9. The minimum absolute atomic E-state index is 0.100. The lowest BCUT2D eigenvalue weighted by atomic mass is 9.13. The summed E-state index contributed by atoms with van der Waals surface area (Å²) in [6, 6.07) is 10.3. The Morgan fingerprint density at radius 3 is 0.697 bits per heavy atom. The minimum Gasteiger partial charge on any atom is -0.204 e. The Bertz CT molecular complexity index is 1160. The minimum atomic E-state index is -2.98. The third-order valence-electron chi connectivity index (χ3n) is 5.77. The summed E-state index contributed by atoms with van der Waals surface area (Å²) in [5, 5.41) is 0. The van der Waals surface area contributed by atoms with Crippen molar-refractivity contribution < 1.29 is 35.1 Å². The first-order chi connectivity index (χ1) is 15.6. The lowest BCUT2D eigenvalue weighted by Gasteiger charge is -2.44. The predicted octanol–water partition coefficient (Wildman–Crippen LogP) is 4.18. The van der Waals surface area contributed by atoms with Gasteiger partial charge in [0.25, 0.3) is 0 Å². The molecule has 0 nitrogen and oxygen atoms in total. The molecule has 0 aromatic heterocycles. The van der Waals surface area contributed by atoms with Crippen molar-refractivity contribution in [3.63, 3.8) is 0 Å². The Balaban J connectivity index is 2.21. The average molecular weight is 463 g/mol. The van der Waals surface area contributed by atoms with Gasteiger partial charge in [0.1, 0.15) is 6.15 Å². The number of hydrogen-bond donors (Lipinski definition) is 0. The Hall–Kier alpha value is -3.62. The van der Waals surface area contributed by atoms with Gasteiger partial charge in [-0.25, -0.2) is 35.1 Å². The standard InChI is InChI=1S/C24H12BF8/c26-17-5-1-13(9-21(17)30)25(14-2-6-18(27)22(31)10-14,15-3-7-19(28)23(32)11-15)16-4-8-20(29)24(33)12-16/h1-12H/q-1. The van der Waals surface area contributed by atoms with Crippen molar-refractivity contribution in [3.05, 3.63) is 119 Å². The maximum absolute atomic E-state index is 14.3. The fourth-order valence-corrected chi connectivity index (χ4v) is 4.28. The van der Waals surface area contributed by atoms with Gasteiger partial charge in [0.05, 0.1) is 0 Å². The summed E-state index contributed by atoms with van der Waals surface area (Å²) in [5.74, 6) is -10.2. The molecule has 0 N–H and O–H groups in total. The largest absolute Gasteiger partial charge is 0.204 e. The van der Waals surface area contributed by atoms with Gasteiger partial charge in [-0.05, 0) is 24.3 Å². The first kappa shape index (κ1) is 22.6. The number of halogens is 8. The van der Waals surface area contributed by atoms with Crippen LogP contribution in [0, 0.1) is 46.5 Å². The van der Waals surface area contributed by atoms with Gasteiger partial charge in [-0.1, -0.05) is 48.5 Å². The molecule has 168 valence electrons. The third kappa shape index (κ3) is 3.77. The highest BCUT2D eigenvalue weighted by atomic mass is 19.2. The summed E-state index contributed by atoms with van der Waals surface area (Å²) in [7, 11) is 0. The van der Waals surface area contributed by atoms with Crippen LogP contribution < -0.4 is 21.9 Å². The van der Waals surface area contributed by atoms with Crippen LogP contribution in [0.15, 0.2) is 72.8 Å². The highest BCUT2D eigenvalue weighted by Gasteiger charge is 2.34. The van der Waals surface area contributed by atoms with E-state index in [4.69, 9.17) is 0 Å².